The maximum Gasteiger partial charge on any atom is 0.354 e. The second-order valence-corrected chi connectivity index (χ2v) is 4.87. The summed E-state index contributed by atoms with van der Waals surface area (Å²) in [6.45, 7) is 0. The first kappa shape index (κ1) is 13.2. The molecule has 0 atom stereocenters. The highest BCUT2D eigenvalue weighted by Gasteiger charge is 2.14. The van der Waals surface area contributed by atoms with Crippen molar-refractivity contribution < 1.29 is 14.6 Å². The Balaban J connectivity index is 1.95. The predicted molar refractivity (Wildman–Crippen MR) is 82.7 cm³/mol. The van der Waals surface area contributed by atoms with Crippen LogP contribution in [0.5, 0.6) is 11.6 Å². The summed E-state index contributed by atoms with van der Waals surface area (Å²) >= 11 is 0. The summed E-state index contributed by atoms with van der Waals surface area (Å²) in [5, 5.41) is 10.6. The molecule has 0 saturated heterocycles. The van der Waals surface area contributed by atoms with Crippen molar-refractivity contribution in [1.82, 2.24) is 19.9 Å². The fraction of sp³-hybridized carbons (Fsp3) is 0. The number of nitrogens with zero attached hydrogens (tertiary/aromatic N) is 3. The van der Waals surface area contributed by atoms with Gasteiger partial charge in [-0.05, 0) is 18.2 Å². The maximum atomic E-state index is 11.2. The third-order valence-corrected chi connectivity index (χ3v) is 3.44. The highest BCUT2D eigenvalue weighted by atomic mass is 16.5. The first-order valence-corrected chi connectivity index (χ1v) is 6.80. The Morgan fingerprint density at radius 1 is 1.13 bits per heavy atom. The number of carboxylic acid groups (broad SMARTS) is 1. The van der Waals surface area contributed by atoms with Gasteiger partial charge in [-0.15, -0.1) is 0 Å². The molecule has 4 rings (SSSR count). The van der Waals surface area contributed by atoms with Gasteiger partial charge >= 0.3 is 5.97 Å². The van der Waals surface area contributed by atoms with Gasteiger partial charge in [-0.1, -0.05) is 6.07 Å². The van der Waals surface area contributed by atoms with Gasteiger partial charge in [0.1, 0.15) is 11.4 Å². The number of H-pyrrole nitrogens is 1. The lowest BCUT2D eigenvalue weighted by Crippen LogP contribution is -1.98. The summed E-state index contributed by atoms with van der Waals surface area (Å²) < 4.78 is 5.80. The van der Waals surface area contributed by atoms with Crippen molar-refractivity contribution >= 4 is 27.8 Å². The number of carboxylic acids is 1. The average molecular weight is 306 g/mol. The minimum atomic E-state index is -1.08. The molecule has 0 unspecified atom stereocenters. The third-order valence-electron chi connectivity index (χ3n) is 3.44. The second kappa shape index (κ2) is 5.06. The van der Waals surface area contributed by atoms with E-state index in [1.54, 1.807) is 12.3 Å². The largest absolute Gasteiger partial charge is 0.477 e. The number of benzene rings is 1. The number of hydrogen-bond acceptors (Lipinski definition) is 5. The molecule has 3 heterocycles. The summed E-state index contributed by atoms with van der Waals surface area (Å²) in [5.74, 6) is -0.146. The van der Waals surface area contributed by atoms with Crippen LogP contribution in [0.4, 0.5) is 0 Å². The van der Waals surface area contributed by atoms with E-state index in [-0.39, 0.29) is 5.69 Å². The lowest BCUT2D eigenvalue weighted by Gasteiger charge is -2.05. The molecule has 0 saturated carbocycles. The molecule has 0 aliphatic rings. The van der Waals surface area contributed by atoms with Gasteiger partial charge in [-0.3, -0.25) is 4.98 Å². The Morgan fingerprint density at radius 3 is 2.83 bits per heavy atom. The van der Waals surface area contributed by atoms with Gasteiger partial charge < -0.3 is 14.8 Å². The van der Waals surface area contributed by atoms with Gasteiger partial charge in [0.05, 0.1) is 28.8 Å². The van der Waals surface area contributed by atoms with Crippen LogP contribution in [0.15, 0.2) is 49.1 Å². The van der Waals surface area contributed by atoms with Crippen LogP contribution in [-0.2, 0) is 0 Å². The Morgan fingerprint density at radius 2 is 2.04 bits per heavy atom. The Bertz CT molecular complexity index is 1030. The zero-order chi connectivity index (χ0) is 15.8. The maximum absolute atomic E-state index is 11.2. The molecule has 7 nitrogen and oxygen atoms in total. The van der Waals surface area contributed by atoms with E-state index in [4.69, 9.17) is 9.84 Å². The van der Waals surface area contributed by atoms with Gasteiger partial charge in [0.15, 0.2) is 0 Å². The number of fused-ring (bicyclic) bond motifs is 3. The van der Waals surface area contributed by atoms with Crippen molar-refractivity contribution in [2.45, 2.75) is 0 Å². The van der Waals surface area contributed by atoms with E-state index in [1.165, 1.54) is 24.7 Å². The van der Waals surface area contributed by atoms with Crippen molar-refractivity contribution in [3.63, 3.8) is 0 Å². The lowest BCUT2D eigenvalue weighted by molar-refractivity contribution is 0.0690. The van der Waals surface area contributed by atoms with E-state index in [0.29, 0.717) is 11.6 Å². The number of nitrogens with one attached hydrogen (secondary N) is 1. The van der Waals surface area contributed by atoms with Crippen molar-refractivity contribution in [2.75, 3.05) is 0 Å². The summed E-state index contributed by atoms with van der Waals surface area (Å²) in [7, 11) is 0. The highest BCUT2D eigenvalue weighted by molar-refractivity contribution is 6.11. The molecule has 0 aliphatic heterocycles. The first-order valence-electron chi connectivity index (χ1n) is 6.80. The molecule has 4 aromatic rings. The third kappa shape index (κ3) is 2.24. The molecule has 0 bridgehead atoms. The van der Waals surface area contributed by atoms with E-state index in [2.05, 4.69) is 19.9 Å². The van der Waals surface area contributed by atoms with Crippen molar-refractivity contribution in [3.8, 4) is 11.6 Å². The summed E-state index contributed by atoms with van der Waals surface area (Å²) in [4.78, 5) is 26.3. The van der Waals surface area contributed by atoms with Gasteiger partial charge in [0.25, 0.3) is 0 Å². The van der Waals surface area contributed by atoms with E-state index in [0.717, 1.165) is 21.8 Å². The zero-order valence-electron chi connectivity index (χ0n) is 11.7. The monoisotopic (exact) mass is 306 g/mol. The van der Waals surface area contributed by atoms with E-state index in [9.17, 15) is 4.79 Å². The smallest absolute Gasteiger partial charge is 0.354 e. The standard InChI is InChI=1S/C16H10N4O3/c21-16(22)11-6-9-12(7-19-11)20-10-2-1-3-13(15(9)10)23-14-8-17-4-5-18-14/h1-8,20H,(H,21,22). The van der Waals surface area contributed by atoms with Crippen LogP contribution in [-0.4, -0.2) is 31.0 Å². The van der Waals surface area contributed by atoms with Gasteiger partial charge in [-0.2, -0.15) is 0 Å². The second-order valence-electron chi connectivity index (χ2n) is 4.87. The Kier molecular flexibility index (Phi) is 2.90. The average Bonchev–Trinajstić information content (AvgIpc) is 2.94. The zero-order valence-corrected chi connectivity index (χ0v) is 11.7. The lowest BCUT2D eigenvalue weighted by atomic mass is 10.1. The van der Waals surface area contributed by atoms with Gasteiger partial charge in [-0.25, -0.2) is 14.8 Å². The molecule has 0 amide bonds. The molecule has 0 fully saturated rings. The summed E-state index contributed by atoms with van der Waals surface area (Å²) in [5.41, 5.74) is 1.54. The molecule has 3 aromatic heterocycles. The topological polar surface area (TPSA) is 101 Å². The highest BCUT2D eigenvalue weighted by Crippen LogP contribution is 2.35. The van der Waals surface area contributed by atoms with Gasteiger partial charge in [0.2, 0.25) is 5.88 Å². The van der Waals surface area contributed by atoms with Gasteiger partial charge in [0, 0.05) is 17.8 Å². The molecule has 0 radical (unpaired) electrons. The molecule has 1 aromatic carbocycles. The van der Waals surface area contributed by atoms with Crippen LogP contribution in [0.25, 0.3) is 21.8 Å². The summed E-state index contributed by atoms with van der Waals surface area (Å²) in [6, 6.07) is 7.06. The molecular formula is C16H10N4O3. The number of aromatic carboxylic acids is 1. The van der Waals surface area contributed by atoms with Crippen molar-refractivity contribution in [1.29, 1.82) is 0 Å². The van der Waals surface area contributed by atoms with Crippen LogP contribution in [0.2, 0.25) is 0 Å². The number of pyridine rings is 1. The molecule has 7 heteroatoms. The molecule has 0 aliphatic carbocycles. The number of aromatic amines is 1. The first-order chi connectivity index (χ1) is 11.2. The fourth-order valence-corrected chi connectivity index (χ4v) is 2.47. The van der Waals surface area contributed by atoms with E-state index in [1.807, 2.05) is 12.1 Å². The van der Waals surface area contributed by atoms with Crippen LogP contribution in [0.1, 0.15) is 10.5 Å². The van der Waals surface area contributed by atoms with Crippen LogP contribution < -0.4 is 4.74 Å². The quantitative estimate of drug-likeness (QED) is 0.603. The Hall–Kier alpha value is -3.48. The molecule has 0 spiro atoms. The fourth-order valence-electron chi connectivity index (χ4n) is 2.47. The number of rotatable bonds is 3. The number of ether oxygens (including phenoxy) is 1. The minimum Gasteiger partial charge on any atom is -0.477 e. The predicted octanol–water partition coefficient (Wildman–Crippen LogP) is 3.00. The summed E-state index contributed by atoms with van der Waals surface area (Å²) in [6.07, 6.45) is 6.11. The van der Waals surface area contributed by atoms with Crippen LogP contribution in [0.3, 0.4) is 0 Å². The normalized spacial score (nSPS) is 11.0. The number of hydrogen-bond donors (Lipinski definition) is 2. The molecule has 23 heavy (non-hydrogen) atoms. The number of aromatic nitrogens is 4. The van der Waals surface area contributed by atoms with Crippen LogP contribution in [0, 0.1) is 0 Å². The van der Waals surface area contributed by atoms with Crippen LogP contribution >= 0.6 is 0 Å². The van der Waals surface area contributed by atoms with E-state index < -0.39 is 5.97 Å². The molecule has 112 valence electrons. The minimum absolute atomic E-state index is 0.0206. The van der Waals surface area contributed by atoms with E-state index >= 15 is 0 Å². The number of carbonyl (C=O) groups is 1. The Labute approximate surface area is 129 Å². The molecular weight excluding hydrogens is 296 g/mol. The van der Waals surface area contributed by atoms with Crippen molar-refractivity contribution in [3.05, 3.63) is 54.7 Å². The molecule has 2 N–H and O–H groups in total. The SMILES string of the molecule is O=C(O)c1cc2c(cn1)[nH]c1cccc(Oc3cnccn3)c12. The van der Waals surface area contributed by atoms with Crippen molar-refractivity contribution in [2.24, 2.45) is 0 Å².